The smallest absolute Gasteiger partial charge is 0.162 e. The van der Waals surface area contributed by atoms with E-state index in [9.17, 15) is 0 Å². The molecule has 94 valence electrons. The van der Waals surface area contributed by atoms with Crippen LogP contribution in [0, 0.1) is 0 Å². The summed E-state index contributed by atoms with van der Waals surface area (Å²) in [6.07, 6.45) is 0. The Bertz CT molecular complexity index is 430. The second kappa shape index (κ2) is 4.02. The molecule has 0 unspecified atom stereocenters. The van der Waals surface area contributed by atoms with E-state index in [0.717, 1.165) is 29.4 Å². The summed E-state index contributed by atoms with van der Waals surface area (Å²) in [4.78, 5) is 2.26. The molecule has 1 heterocycles. The van der Waals surface area contributed by atoms with Crippen molar-refractivity contribution < 1.29 is 9.47 Å². The molecule has 1 aliphatic heterocycles. The van der Waals surface area contributed by atoms with Gasteiger partial charge in [0.2, 0.25) is 0 Å². The Morgan fingerprint density at radius 2 is 1.76 bits per heavy atom. The van der Waals surface area contributed by atoms with Crippen LogP contribution in [0.4, 0.5) is 11.4 Å². The number of anilines is 2. The van der Waals surface area contributed by atoms with Crippen molar-refractivity contribution in [1.29, 1.82) is 0 Å². The lowest BCUT2D eigenvalue weighted by atomic mass is 9.98. The molecule has 0 spiro atoms. The van der Waals surface area contributed by atoms with Crippen LogP contribution >= 0.6 is 0 Å². The molecule has 2 rings (SSSR count). The van der Waals surface area contributed by atoms with E-state index in [1.165, 1.54) is 0 Å². The first kappa shape index (κ1) is 11.9. The fourth-order valence-electron chi connectivity index (χ4n) is 2.04. The van der Waals surface area contributed by atoms with E-state index < -0.39 is 0 Å². The first-order chi connectivity index (χ1) is 7.99. The van der Waals surface area contributed by atoms with Gasteiger partial charge < -0.3 is 19.7 Å². The van der Waals surface area contributed by atoms with Crippen LogP contribution in [-0.2, 0) is 0 Å². The van der Waals surface area contributed by atoms with E-state index in [0.29, 0.717) is 0 Å². The van der Waals surface area contributed by atoms with Gasteiger partial charge in [0.05, 0.1) is 31.1 Å². The second-order valence-electron chi connectivity index (χ2n) is 4.95. The monoisotopic (exact) mass is 236 g/mol. The fraction of sp³-hybridized carbons (Fsp3) is 0.538. The minimum atomic E-state index is 0.0899. The average molecular weight is 236 g/mol. The number of hydrogen-bond donors (Lipinski definition) is 1. The summed E-state index contributed by atoms with van der Waals surface area (Å²) in [6.45, 7) is 5.32. The maximum absolute atomic E-state index is 5.34. The molecule has 0 saturated heterocycles. The summed E-state index contributed by atoms with van der Waals surface area (Å²) in [7, 11) is 5.41. The minimum Gasteiger partial charge on any atom is -0.493 e. The molecule has 0 saturated carbocycles. The van der Waals surface area contributed by atoms with Gasteiger partial charge in [0.25, 0.3) is 0 Å². The van der Waals surface area contributed by atoms with Gasteiger partial charge in [0, 0.05) is 25.7 Å². The van der Waals surface area contributed by atoms with Crippen LogP contribution in [0.25, 0.3) is 0 Å². The second-order valence-corrected chi connectivity index (χ2v) is 4.95. The van der Waals surface area contributed by atoms with Crippen LogP contribution in [0.5, 0.6) is 11.5 Å². The maximum Gasteiger partial charge on any atom is 0.162 e. The largest absolute Gasteiger partial charge is 0.493 e. The van der Waals surface area contributed by atoms with Crippen molar-refractivity contribution in [2.75, 3.05) is 38.0 Å². The van der Waals surface area contributed by atoms with Crippen LogP contribution in [0.1, 0.15) is 13.8 Å². The zero-order valence-electron chi connectivity index (χ0n) is 11.1. The lowest BCUT2D eigenvalue weighted by Crippen LogP contribution is -2.49. The lowest BCUT2D eigenvalue weighted by molar-refractivity contribution is 0.354. The molecule has 0 amide bonds. The van der Waals surface area contributed by atoms with E-state index in [1.54, 1.807) is 14.2 Å². The van der Waals surface area contributed by atoms with Gasteiger partial charge >= 0.3 is 0 Å². The zero-order valence-corrected chi connectivity index (χ0v) is 11.1. The summed E-state index contributed by atoms with van der Waals surface area (Å²) in [6, 6.07) is 4.00. The highest BCUT2D eigenvalue weighted by molar-refractivity contribution is 5.77. The van der Waals surface area contributed by atoms with Gasteiger partial charge in [0.15, 0.2) is 11.5 Å². The summed E-state index contributed by atoms with van der Waals surface area (Å²) in [5.41, 5.74) is 2.32. The minimum absolute atomic E-state index is 0.0899. The number of hydrogen-bond acceptors (Lipinski definition) is 4. The molecular formula is C13H20N2O2. The normalized spacial score (nSPS) is 17.1. The lowest BCUT2D eigenvalue weighted by Gasteiger charge is -2.43. The molecule has 0 aliphatic carbocycles. The van der Waals surface area contributed by atoms with Crippen molar-refractivity contribution >= 4 is 11.4 Å². The van der Waals surface area contributed by atoms with Crippen molar-refractivity contribution in [2.45, 2.75) is 19.4 Å². The summed E-state index contributed by atoms with van der Waals surface area (Å²) >= 11 is 0. The molecule has 4 nitrogen and oxygen atoms in total. The van der Waals surface area contributed by atoms with Gasteiger partial charge in [0.1, 0.15) is 0 Å². The average Bonchev–Trinajstić information content (AvgIpc) is 2.33. The first-order valence-electron chi connectivity index (χ1n) is 5.73. The number of nitrogens with zero attached hydrogens (tertiary/aromatic N) is 1. The first-order valence-corrected chi connectivity index (χ1v) is 5.73. The maximum atomic E-state index is 5.34. The molecule has 1 N–H and O–H groups in total. The van der Waals surface area contributed by atoms with Crippen molar-refractivity contribution in [3.05, 3.63) is 12.1 Å². The van der Waals surface area contributed by atoms with Crippen LogP contribution in [-0.4, -0.2) is 33.4 Å². The molecule has 4 heteroatoms. The molecule has 1 aromatic rings. The number of nitrogens with one attached hydrogen (secondary N) is 1. The summed E-state index contributed by atoms with van der Waals surface area (Å²) in [5.74, 6) is 1.52. The predicted octanol–water partition coefficient (Wildman–Crippen LogP) is 2.34. The highest BCUT2D eigenvalue weighted by atomic mass is 16.5. The summed E-state index contributed by atoms with van der Waals surface area (Å²) < 4.78 is 10.6. The van der Waals surface area contributed by atoms with Gasteiger partial charge in [-0.1, -0.05) is 0 Å². The Morgan fingerprint density at radius 1 is 1.18 bits per heavy atom. The van der Waals surface area contributed by atoms with Crippen LogP contribution in [0.2, 0.25) is 0 Å². The van der Waals surface area contributed by atoms with Crippen molar-refractivity contribution in [2.24, 2.45) is 0 Å². The molecule has 1 aliphatic rings. The Labute approximate surface area is 103 Å². The Hall–Kier alpha value is -1.58. The van der Waals surface area contributed by atoms with Gasteiger partial charge in [-0.05, 0) is 13.8 Å². The van der Waals surface area contributed by atoms with Gasteiger partial charge in [-0.15, -0.1) is 0 Å². The van der Waals surface area contributed by atoms with Crippen molar-refractivity contribution in [3.8, 4) is 11.5 Å². The van der Waals surface area contributed by atoms with Gasteiger partial charge in [-0.25, -0.2) is 0 Å². The summed E-state index contributed by atoms with van der Waals surface area (Å²) in [5, 5.41) is 3.43. The van der Waals surface area contributed by atoms with Crippen LogP contribution in [0.15, 0.2) is 12.1 Å². The molecule has 17 heavy (non-hydrogen) atoms. The molecule has 0 radical (unpaired) electrons. The van der Waals surface area contributed by atoms with Crippen LogP contribution in [0.3, 0.4) is 0 Å². The zero-order chi connectivity index (χ0) is 12.6. The molecule has 0 atom stereocenters. The number of rotatable bonds is 2. The number of benzene rings is 1. The Balaban J connectivity index is 2.51. The van der Waals surface area contributed by atoms with Gasteiger partial charge in [-0.3, -0.25) is 0 Å². The molecular weight excluding hydrogens is 216 g/mol. The number of fused-ring (bicyclic) bond motifs is 1. The predicted molar refractivity (Wildman–Crippen MR) is 70.5 cm³/mol. The quantitative estimate of drug-likeness (QED) is 0.854. The number of ether oxygens (including phenoxy) is 2. The van der Waals surface area contributed by atoms with E-state index in [4.69, 9.17) is 9.47 Å². The standard InChI is InChI=1S/C13H20N2O2/c1-13(2)8-14-9-6-11(16-4)12(17-5)7-10(9)15(13)3/h6-7,14H,8H2,1-5H3. The SMILES string of the molecule is COc1cc2c(cc1OC)N(C)C(C)(C)CN2. The highest BCUT2D eigenvalue weighted by Gasteiger charge is 2.30. The topological polar surface area (TPSA) is 33.7 Å². The Morgan fingerprint density at radius 3 is 2.35 bits per heavy atom. The highest BCUT2D eigenvalue weighted by Crippen LogP contribution is 2.42. The Kier molecular flexibility index (Phi) is 2.81. The molecule has 0 bridgehead atoms. The van der Waals surface area contributed by atoms with Crippen molar-refractivity contribution in [3.63, 3.8) is 0 Å². The third-order valence-electron chi connectivity index (χ3n) is 3.48. The molecule has 0 fully saturated rings. The van der Waals surface area contributed by atoms with Crippen molar-refractivity contribution in [1.82, 2.24) is 0 Å². The number of methoxy groups -OCH3 is 2. The van der Waals surface area contributed by atoms with E-state index in [-0.39, 0.29) is 5.54 Å². The van der Waals surface area contributed by atoms with Gasteiger partial charge in [-0.2, -0.15) is 0 Å². The van der Waals surface area contributed by atoms with E-state index in [2.05, 4.69) is 31.1 Å². The molecule has 0 aromatic heterocycles. The van der Waals surface area contributed by atoms with Crippen LogP contribution < -0.4 is 19.7 Å². The number of likely N-dealkylation sites (N-methyl/N-ethyl adjacent to an activating group) is 1. The third-order valence-corrected chi connectivity index (χ3v) is 3.48. The third kappa shape index (κ3) is 1.88. The van der Waals surface area contributed by atoms with E-state index >= 15 is 0 Å². The fourth-order valence-corrected chi connectivity index (χ4v) is 2.04. The van der Waals surface area contributed by atoms with E-state index in [1.807, 2.05) is 12.1 Å². The molecule has 1 aromatic carbocycles.